The fourth-order valence-corrected chi connectivity index (χ4v) is 3.46. The summed E-state index contributed by atoms with van der Waals surface area (Å²) in [5.74, 6) is 0.477. The highest BCUT2D eigenvalue weighted by molar-refractivity contribution is 5.54. The lowest BCUT2D eigenvalue weighted by atomic mass is 10.0. The zero-order valence-corrected chi connectivity index (χ0v) is 15.0. The van der Waals surface area contributed by atoms with Crippen LogP contribution in [0.2, 0.25) is 0 Å². The maximum atomic E-state index is 9.46. The predicted molar refractivity (Wildman–Crippen MR) is 95.8 cm³/mol. The highest BCUT2D eigenvalue weighted by atomic mass is 16.5. The number of benzene rings is 1. The van der Waals surface area contributed by atoms with Crippen molar-refractivity contribution in [1.82, 2.24) is 5.32 Å². The molecule has 0 bridgehead atoms. The lowest BCUT2D eigenvalue weighted by molar-refractivity contribution is -0.00526. The molecule has 2 N–H and O–H groups in total. The maximum Gasteiger partial charge on any atom is 0.0726 e. The molecule has 0 aromatic heterocycles. The van der Waals surface area contributed by atoms with Gasteiger partial charge in [-0.15, -0.1) is 0 Å². The first-order chi connectivity index (χ1) is 11.0. The van der Waals surface area contributed by atoms with Crippen molar-refractivity contribution < 1.29 is 9.84 Å². The Bertz CT molecular complexity index is 468. The van der Waals surface area contributed by atoms with E-state index in [2.05, 4.69) is 55.3 Å². The van der Waals surface area contributed by atoms with Gasteiger partial charge in [0.2, 0.25) is 0 Å². The molecule has 0 spiro atoms. The zero-order chi connectivity index (χ0) is 16.8. The molecule has 1 aromatic carbocycles. The summed E-state index contributed by atoms with van der Waals surface area (Å²) in [7, 11) is 0. The molecule has 1 saturated heterocycles. The molecule has 1 fully saturated rings. The Balaban J connectivity index is 1.95. The Kier molecular flexibility index (Phi) is 6.88. The van der Waals surface area contributed by atoms with E-state index in [1.54, 1.807) is 0 Å². The third-order valence-electron chi connectivity index (χ3n) is 4.30. The van der Waals surface area contributed by atoms with Gasteiger partial charge in [0, 0.05) is 25.3 Å². The van der Waals surface area contributed by atoms with E-state index in [0.29, 0.717) is 5.92 Å². The third-order valence-corrected chi connectivity index (χ3v) is 4.30. The number of aliphatic hydroxyl groups excluding tert-OH is 1. The van der Waals surface area contributed by atoms with E-state index in [0.717, 1.165) is 32.6 Å². The number of para-hydroxylation sites is 1. The largest absolute Gasteiger partial charge is 0.393 e. The van der Waals surface area contributed by atoms with Crippen LogP contribution >= 0.6 is 0 Å². The van der Waals surface area contributed by atoms with Crippen molar-refractivity contribution in [1.29, 1.82) is 0 Å². The average Bonchev–Trinajstić information content (AvgIpc) is 2.46. The fourth-order valence-electron chi connectivity index (χ4n) is 3.46. The SMILES string of the molecule is CC(O)CC(C)CNCc1ccccc1N1CC(C)OC(C)C1. The van der Waals surface area contributed by atoms with Crippen LogP contribution in [0, 0.1) is 5.92 Å². The summed E-state index contributed by atoms with van der Waals surface area (Å²) in [4.78, 5) is 2.44. The van der Waals surface area contributed by atoms with Crippen molar-refractivity contribution >= 4 is 5.69 Å². The van der Waals surface area contributed by atoms with Crippen LogP contribution in [0.4, 0.5) is 5.69 Å². The number of aliphatic hydroxyl groups is 1. The number of anilines is 1. The van der Waals surface area contributed by atoms with Gasteiger partial charge in [0.15, 0.2) is 0 Å². The molecule has 1 aliphatic heterocycles. The molecule has 23 heavy (non-hydrogen) atoms. The van der Waals surface area contributed by atoms with Gasteiger partial charge in [-0.1, -0.05) is 25.1 Å². The molecule has 4 heteroatoms. The number of rotatable bonds is 7. The molecular weight excluding hydrogens is 288 g/mol. The molecule has 1 aliphatic rings. The maximum absolute atomic E-state index is 9.46. The molecule has 4 atom stereocenters. The van der Waals surface area contributed by atoms with Gasteiger partial charge in [0.1, 0.15) is 0 Å². The minimum absolute atomic E-state index is 0.226. The van der Waals surface area contributed by atoms with Crippen LogP contribution in [0.5, 0.6) is 0 Å². The summed E-state index contributed by atoms with van der Waals surface area (Å²) in [6.07, 6.45) is 1.15. The highest BCUT2D eigenvalue weighted by Gasteiger charge is 2.23. The number of morpholine rings is 1. The third kappa shape index (κ3) is 5.79. The Morgan fingerprint density at radius 3 is 2.52 bits per heavy atom. The van der Waals surface area contributed by atoms with Crippen molar-refractivity contribution in [3.05, 3.63) is 29.8 Å². The molecule has 130 valence electrons. The van der Waals surface area contributed by atoms with Gasteiger partial charge in [-0.3, -0.25) is 0 Å². The van der Waals surface area contributed by atoms with Gasteiger partial charge in [0.25, 0.3) is 0 Å². The summed E-state index contributed by atoms with van der Waals surface area (Å²) in [5.41, 5.74) is 2.64. The van der Waals surface area contributed by atoms with E-state index in [4.69, 9.17) is 4.74 Å². The molecule has 1 heterocycles. The van der Waals surface area contributed by atoms with Crippen LogP contribution in [0.15, 0.2) is 24.3 Å². The summed E-state index contributed by atoms with van der Waals surface area (Å²) < 4.78 is 5.85. The van der Waals surface area contributed by atoms with E-state index in [1.165, 1.54) is 11.3 Å². The number of nitrogens with one attached hydrogen (secondary N) is 1. The van der Waals surface area contributed by atoms with Gasteiger partial charge in [0.05, 0.1) is 18.3 Å². The Hall–Kier alpha value is -1.10. The molecule has 0 amide bonds. The first-order valence-electron chi connectivity index (χ1n) is 8.82. The van der Waals surface area contributed by atoms with Crippen molar-refractivity contribution in [2.45, 2.75) is 59.0 Å². The first-order valence-corrected chi connectivity index (χ1v) is 8.82. The van der Waals surface area contributed by atoms with Crippen molar-refractivity contribution in [3.63, 3.8) is 0 Å². The monoisotopic (exact) mass is 320 g/mol. The standard InChI is InChI=1S/C19H32N2O2/c1-14(9-15(2)22)10-20-11-18-7-5-6-8-19(18)21-12-16(3)23-17(4)13-21/h5-8,14-17,20,22H,9-13H2,1-4H3. The molecule has 0 saturated carbocycles. The normalized spacial score (nSPS) is 24.5. The van der Waals surface area contributed by atoms with E-state index < -0.39 is 0 Å². The quantitative estimate of drug-likeness (QED) is 0.811. The molecule has 4 nitrogen and oxygen atoms in total. The van der Waals surface area contributed by atoms with Crippen LogP contribution in [-0.2, 0) is 11.3 Å². The van der Waals surface area contributed by atoms with Crippen LogP contribution in [0.1, 0.15) is 39.7 Å². The lowest BCUT2D eigenvalue weighted by Crippen LogP contribution is -2.46. The van der Waals surface area contributed by atoms with Gasteiger partial charge in [-0.25, -0.2) is 0 Å². The van der Waals surface area contributed by atoms with Gasteiger partial charge in [-0.05, 0) is 51.3 Å². The Morgan fingerprint density at radius 2 is 1.87 bits per heavy atom. The number of nitrogens with zero attached hydrogens (tertiary/aromatic N) is 1. The second-order valence-electron chi connectivity index (χ2n) is 7.11. The molecule has 4 unspecified atom stereocenters. The van der Waals surface area contributed by atoms with Crippen molar-refractivity contribution in [2.75, 3.05) is 24.5 Å². The Labute approximate surface area is 140 Å². The first kappa shape index (κ1) is 18.2. The highest BCUT2D eigenvalue weighted by Crippen LogP contribution is 2.24. The van der Waals surface area contributed by atoms with Gasteiger partial charge in [-0.2, -0.15) is 0 Å². The Morgan fingerprint density at radius 1 is 1.22 bits per heavy atom. The van der Waals surface area contributed by atoms with Crippen LogP contribution in [-0.4, -0.2) is 43.1 Å². The smallest absolute Gasteiger partial charge is 0.0726 e. The molecule has 1 aromatic rings. The summed E-state index contributed by atoms with van der Waals surface area (Å²) in [6, 6.07) is 8.63. The van der Waals surface area contributed by atoms with Crippen LogP contribution in [0.3, 0.4) is 0 Å². The van der Waals surface area contributed by atoms with Crippen molar-refractivity contribution in [2.24, 2.45) is 5.92 Å². The zero-order valence-electron chi connectivity index (χ0n) is 15.0. The summed E-state index contributed by atoms with van der Waals surface area (Å²) in [5, 5.41) is 13.0. The minimum atomic E-state index is -0.226. The van der Waals surface area contributed by atoms with Crippen molar-refractivity contribution in [3.8, 4) is 0 Å². The predicted octanol–water partition coefficient (Wildman–Crippen LogP) is 2.80. The second-order valence-corrected chi connectivity index (χ2v) is 7.11. The summed E-state index contributed by atoms with van der Waals surface area (Å²) in [6.45, 7) is 12.0. The fraction of sp³-hybridized carbons (Fsp3) is 0.684. The second kappa shape index (κ2) is 8.67. The van der Waals surface area contributed by atoms with E-state index in [9.17, 15) is 5.11 Å². The molecule has 0 radical (unpaired) electrons. The number of hydrogen-bond donors (Lipinski definition) is 2. The lowest BCUT2D eigenvalue weighted by Gasteiger charge is -2.37. The number of hydrogen-bond acceptors (Lipinski definition) is 4. The van der Waals surface area contributed by atoms with Gasteiger partial charge < -0.3 is 20.1 Å². The average molecular weight is 320 g/mol. The topological polar surface area (TPSA) is 44.7 Å². The van der Waals surface area contributed by atoms with Gasteiger partial charge >= 0.3 is 0 Å². The van der Waals surface area contributed by atoms with E-state index in [-0.39, 0.29) is 18.3 Å². The molecular formula is C19H32N2O2. The van der Waals surface area contributed by atoms with Crippen LogP contribution < -0.4 is 10.2 Å². The molecule has 2 rings (SSSR count). The molecule has 0 aliphatic carbocycles. The number of ether oxygens (including phenoxy) is 1. The van der Waals surface area contributed by atoms with E-state index >= 15 is 0 Å². The minimum Gasteiger partial charge on any atom is -0.393 e. The summed E-state index contributed by atoms with van der Waals surface area (Å²) >= 11 is 0. The van der Waals surface area contributed by atoms with E-state index in [1.807, 2.05) is 6.92 Å². The van der Waals surface area contributed by atoms with Crippen LogP contribution in [0.25, 0.3) is 0 Å².